The van der Waals surface area contributed by atoms with Crippen LogP contribution in [0.25, 0.3) is 0 Å². The molecular weight excluding hydrogens is 386 g/mol. The Balaban J connectivity index is 1.66. The number of thioether (sulfide) groups is 1. The molecule has 0 aliphatic carbocycles. The Morgan fingerprint density at radius 2 is 1.63 bits per heavy atom. The second-order valence-corrected chi connectivity index (χ2v) is 9.97. The van der Waals surface area contributed by atoms with Crippen LogP contribution >= 0.6 is 11.8 Å². The number of carbonyl (C=O) groups is 2. The van der Waals surface area contributed by atoms with E-state index in [2.05, 4.69) is 0 Å². The Hall–Kier alpha value is -1.58. The number of carbonyl (C=O) groups excluding carboxylic acids is 2. The fraction of sp³-hybridized carbons (Fsp3) is 0.556. The average molecular weight is 412 g/mol. The highest BCUT2D eigenvalue weighted by molar-refractivity contribution is 8.13. The maximum Gasteiger partial charge on any atom is 0.282 e. The van der Waals surface area contributed by atoms with E-state index in [1.807, 2.05) is 32.9 Å². The molecule has 2 aliphatic rings. The van der Waals surface area contributed by atoms with Crippen molar-refractivity contribution in [1.82, 2.24) is 14.1 Å². The van der Waals surface area contributed by atoms with E-state index in [4.69, 9.17) is 0 Å². The van der Waals surface area contributed by atoms with Gasteiger partial charge in [0.1, 0.15) is 6.54 Å². The van der Waals surface area contributed by atoms with Crippen molar-refractivity contribution in [3.63, 3.8) is 0 Å². The summed E-state index contributed by atoms with van der Waals surface area (Å²) in [7, 11) is -3.59. The molecule has 2 aliphatic heterocycles. The molecule has 148 valence electrons. The van der Waals surface area contributed by atoms with Crippen molar-refractivity contribution in [2.24, 2.45) is 0 Å². The van der Waals surface area contributed by atoms with E-state index in [0.29, 0.717) is 30.3 Å². The third-order valence-corrected chi connectivity index (χ3v) is 8.06. The van der Waals surface area contributed by atoms with Crippen LogP contribution < -0.4 is 0 Å². The molecule has 2 amide bonds. The smallest absolute Gasteiger partial charge is 0.282 e. The summed E-state index contributed by atoms with van der Waals surface area (Å²) in [5.41, 5.74) is 2.53. The van der Waals surface area contributed by atoms with Gasteiger partial charge in [0, 0.05) is 38.5 Å². The Morgan fingerprint density at radius 3 is 2.15 bits per heavy atom. The van der Waals surface area contributed by atoms with Crippen molar-refractivity contribution in [3.8, 4) is 0 Å². The van der Waals surface area contributed by atoms with Gasteiger partial charge in [0.15, 0.2) is 0 Å². The molecule has 2 saturated heterocycles. The van der Waals surface area contributed by atoms with Gasteiger partial charge in [0.2, 0.25) is 15.9 Å². The number of amides is 2. The highest BCUT2D eigenvalue weighted by Gasteiger charge is 2.33. The molecule has 0 bridgehead atoms. The number of benzene rings is 1. The zero-order valence-electron chi connectivity index (χ0n) is 15.9. The maximum atomic E-state index is 13.1. The van der Waals surface area contributed by atoms with Crippen LogP contribution in [0.4, 0.5) is 4.79 Å². The van der Waals surface area contributed by atoms with Crippen LogP contribution in [0.2, 0.25) is 0 Å². The first-order chi connectivity index (χ1) is 12.7. The van der Waals surface area contributed by atoms with E-state index in [1.165, 1.54) is 16.1 Å². The molecule has 27 heavy (non-hydrogen) atoms. The first-order valence-corrected chi connectivity index (χ1v) is 11.4. The van der Waals surface area contributed by atoms with Gasteiger partial charge in [-0.15, -0.1) is 0 Å². The number of rotatable bonds is 4. The second-order valence-electron chi connectivity index (χ2n) is 7.05. The van der Waals surface area contributed by atoms with E-state index in [9.17, 15) is 18.0 Å². The minimum absolute atomic E-state index is 0.0603. The van der Waals surface area contributed by atoms with E-state index < -0.39 is 10.0 Å². The summed E-state index contributed by atoms with van der Waals surface area (Å²) in [4.78, 5) is 27.6. The van der Waals surface area contributed by atoms with E-state index in [1.54, 1.807) is 9.80 Å². The summed E-state index contributed by atoms with van der Waals surface area (Å²) in [6, 6.07) is 3.76. The van der Waals surface area contributed by atoms with Crippen LogP contribution in [-0.2, 0) is 14.8 Å². The standard InChI is InChI=1S/C18H25N3O4S2/c1-13-10-14(2)17(15(3)11-13)27(24,25)21-6-4-19(5-7-21)16(22)12-20-8-9-26-18(20)23/h10-11H,4-9,12H2,1-3H3. The van der Waals surface area contributed by atoms with Crippen LogP contribution in [0.5, 0.6) is 0 Å². The van der Waals surface area contributed by atoms with Crippen LogP contribution in [0.1, 0.15) is 16.7 Å². The third kappa shape index (κ3) is 4.14. The van der Waals surface area contributed by atoms with Gasteiger partial charge in [-0.3, -0.25) is 9.59 Å². The number of aryl methyl sites for hydroxylation is 3. The lowest BCUT2D eigenvalue weighted by Gasteiger charge is -2.35. The van der Waals surface area contributed by atoms with Gasteiger partial charge in [-0.05, 0) is 31.9 Å². The molecule has 1 aromatic rings. The topological polar surface area (TPSA) is 78.0 Å². The van der Waals surface area contributed by atoms with Crippen molar-refractivity contribution < 1.29 is 18.0 Å². The molecule has 1 aromatic carbocycles. The molecule has 0 spiro atoms. The summed E-state index contributed by atoms with van der Waals surface area (Å²) >= 11 is 1.23. The summed E-state index contributed by atoms with van der Waals surface area (Å²) < 4.78 is 27.7. The zero-order valence-corrected chi connectivity index (χ0v) is 17.5. The van der Waals surface area contributed by atoms with Gasteiger partial charge >= 0.3 is 0 Å². The molecule has 0 atom stereocenters. The van der Waals surface area contributed by atoms with Crippen LogP contribution in [0.15, 0.2) is 17.0 Å². The molecule has 0 N–H and O–H groups in total. The molecular formula is C18H25N3O4S2. The van der Waals surface area contributed by atoms with Crippen LogP contribution in [0.3, 0.4) is 0 Å². The van der Waals surface area contributed by atoms with Gasteiger partial charge in [-0.2, -0.15) is 4.31 Å². The molecule has 2 heterocycles. The monoisotopic (exact) mass is 411 g/mol. The average Bonchev–Trinajstić information content (AvgIpc) is 2.98. The number of hydrogen-bond donors (Lipinski definition) is 0. The molecule has 0 radical (unpaired) electrons. The predicted molar refractivity (Wildman–Crippen MR) is 105 cm³/mol. The van der Waals surface area contributed by atoms with E-state index >= 15 is 0 Å². The SMILES string of the molecule is Cc1cc(C)c(S(=O)(=O)N2CCN(C(=O)CN3CCSC3=O)CC2)c(C)c1. The number of piperazine rings is 1. The molecule has 2 fully saturated rings. The van der Waals surface area contributed by atoms with Crippen molar-refractivity contribution >= 4 is 32.9 Å². The summed E-state index contributed by atoms with van der Waals surface area (Å²) in [6.07, 6.45) is 0. The highest BCUT2D eigenvalue weighted by Crippen LogP contribution is 2.26. The van der Waals surface area contributed by atoms with E-state index in [0.717, 1.165) is 16.7 Å². The van der Waals surface area contributed by atoms with Gasteiger partial charge in [-0.1, -0.05) is 29.5 Å². The van der Waals surface area contributed by atoms with Crippen molar-refractivity contribution in [2.45, 2.75) is 25.7 Å². The quantitative estimate of drug-likeness (QED) is 0.752. The van der Waals surface area contributed by atoms with Crippen molar-refractivity contribution in [1.29, 1.82) is 0 Å². The normalized spacial score (nSPS) is 19.0. The van der Waals surface area contributed by atoms with Crippen LogP contribution in [0, 0.1) is 20.8 Å². The van der Waals surface area contributed by atoms with Gasteiger partial charge < -0.3 is 9.80 Å². The lowest BCUT2D eigenvalue weighted by Crippen LogP contribution is -2.52. The fourth-order valence-corrected chi connectivity index (χ4v) is 6.37. The van der Waals surface area contributed by atoms with Gasteiger partial charge in [0.05, 0.1) is 4.90 Å². The maximum absolute atomic E-state index is 13.1. The zero-order chi connectivity index (χ0) is 19.8. The van der Waals surface area contributed by atoms with Gasteiger partial charge in [0.25, 0.3) is 5.24 Å². The number of nitrogens with zero attached hydrogens (tertiary/aromatic N) is 3. The first kappa shape index (κ1) is 20.2. The predicted octanol–water partition coefficient (Wildman–Crippen LogP) is 1.61. The molecule has 0 saturated carbocycles. The van der Waals surface area contributed by atoms with Crippen molar-refractivity contribution in [3.05, 3.63) is 28.8 Å². The van der Waals surface area contributed by atoms with E-state index in [-0.39, 0.29) is 30.8 Å². The van der Waals surface area contributed by atoms with Crippen LogP contribution in [-0.4, -0.2) is 78.7 Å². The Morgan fingerprint density at radius 1 is 1.04 bits per heavy atom. The molecule has 7 nitrogen and oxygen atoms in total. The molecule has 9 heteroatoms. The Bertz CT molecular complexity index is 838. The Kier molecular flexibility index (Phi) is 5.83. The highest BCUT2D eigenvalue weighted by atomic mass is 32.2. The number of hydrogen-bond acceptors (Lipinski definition) is 5. The largest absolute Gasteiger partial charge is 0.339 e. The minimum Gasteiger partial charge on any atom is -0.339 e. The summed E-state index contributed by atoms with van der Waals surface area (Å²) in [6.45, 7) is 7.48. The molecule has 3 rings (SSSR count). The second kappa shape index (κ2) is 7.81. The minimum atomic E-state index is -3.59. The summed E-state index contributed by atoms with van der Waals surface area (Å²) in [5, 5.41) is -0.0603. The lowest BCUT2D eigenvalue weighted by atomic mass is 10.1. The number of sulfonamides is 1. The third-order valence-electron chi connectivity index (χ3n) is 4.96. The first-order valence-electron chi connectivity index (χ1n) is 8.97. The Labute approximate surface area is 164 Å². The summed E-state index contributed by atoms with van der Waals surface area (Å²) in [5.74, 6) is 0.596. The lowest BCUT2D eigenvalue weighted by molar-refractivity contribution is -0.132. The fourth-order valence-electron chi connectivity index (χ4n) is 3.71. The van der Waals surface area contributed by atoms with Crippen molar-refractivity contribution in [2.75, 3.05) is 45.0 Å². The molecule has 0 aromatic heterocycles. The molecule has 0 unspecified atom stereocenters. The van der Waals surface area contributed by atoms with Gasteiger partial charge in [-0.25, -0.2) is 8.42 Å².